The summed E-state index contributed by atoms with van der Waals surface area (Å²) in [7, 11) is 0. The fourth-order valence-corrected chi connectivity index (χ4v) is 1.68. The summed E-state index contributed by atoms with van der Waals surface area (Å²) >= 11 is 0. The van der Waals surface area contributed by atoms with Gasteiger partial charge < -0.3 is 4.74 Å². The first kappa shape index (κ1) is 17.5. The molecule has 0 rings (SSSR count). The van der Waals surface area contributed by atoms with Gasteiger partial charge in [0.15, 0.2) is 6.61 Å². The summed E-state index contributed by atoms with van der Waals surface area (Å²) in [6, 6.07) is 0. The van der Waals surface area contributed by atoms with Crippen LogP contribution in [0.2, 0.25) is 0 Å². The number of ether oxygens (including phenoxy) is 1. The molecule has 0 amide bonds. The summed E-state index contributed by atoms with van der Waals surface area (Å²) in [5.41, 5.74) is 0. The molecule has 0 saturated heterocycles. The van der Waals surface area contributed by atoms with Crippen molar-refractivity contribution in [3.05, 3.63) is 24.3 Å². The smallest absolute Gasteiger partial charge is 0.331 e. The Bertz CT molecular complexity index is 332. The largest absolute Gasteiger partial charge is 0.449 e. The van der Waals surface area contributed by atoms with Crippen molar-refractivity contribution in [1.29, 1.82) is 0 Å². The Labute approximate surface area is 117 Å². The van der Waals surface area contributed by atoms with Gasteiger partial charge in [-0.15, -0.1) is 6.42 Å². The molecule has 19 heavy (non-hydrogen) atoms. The minimum absolute atomic E-state index is 0.0276. The molecule has 0 spiro atoms. The Morgan fingerprint density at radius 2 is 2.00 bits per heavy atom. The summed E-state index contributed by atoms with van der Waals surface area (Å²) in [6.07, 6.45) is 16.9. The first-order valence-electron chi connectivity index (χ1n) is 6.99. The first-order chi connectivity index (χ1) is 9.06. The third-order valence-corrected chi connectivity index (χ3v) is 2.79. The predicted molar refractivity (Wildman–Crippen MR) is 80.5 cm³/mol. The summed E-state index contributed by atoms with van der Waals surface area (Å²) in [5, 5.41) is 0. The Kier molecular flexibility index (Phi) is 10.7. The van der Waals surface area contributed by atoms with Crippen molar-refractivity contribution in [3.8, 4) is 12.3 Å². The minimum Gasteiger partial charge on any atom is -0.449 e. The third kappa shape index (κ3) is 12.8. The van der Waals surface area contributed by atoms with Gasteiger partial charge in [-0.2, -0.15) is 0 Å². The van der Waals surface area contributed by atoms with E-state index in [0.717, 1.165) is 12.3 Å². The molecule has 1 unspecified atom stereocenters. The van der Waals surface area contributed by atoms with Crippen LogP contribution in [0.4, 0.5) is 0 Å². The van der Waals surface area contributed by atoms with Gasteiger partial charge >= 0.3 is 5.97 Å². The number of carbonyl (C=O) groups excluding carboxylic acids is 1. The zero-order valence-electron chi connectivity index (χ0n) is 12.4. The fraction of sp³-hybridized carbons (Fsp3) is 0.588. The maximum Gasteiger partial charge on any atom is 0.331 e. The minimum atomic E-state index is -0.396. The van der Waals surface area contributed by atoms with E-state index in [-0.39, 0.29) is 6.61 Å². The van der Waals surface area contributed by atoms with Gasteiger partial charge in [0.2, 0.25) is 0 Å². The van der Waals surface area contributed by atoms with Crippen molar-refractivity contribution in [1.82, 2.24) is 0 Å². The molecule has 0 saturated carbocycles. The van der Waals surface area contributed by atoms with Gasteiger partial charge in [-0.3, -0.25) is 0 Å². The third-order valence-electron chi connectivity index (χ3n) is 2.79. The second-order valence-electron chi connectivity index (χ2n) is 5.26. The SMILES string of the molecule is C#CCOC(=O)C=CC=CCC(C)CCCC(C)C. The summed E-state index contributed by atoms with van der Waals surface area (Å²) in [5.74, 6) is 3.33. The topological polar surface area (TPSA) is 26.3 Å². The number of allylic oxidation sites excluding steroid dienone is 3. The Hall–Kier alpha value is -1.49. The highest BCUT2D eigenvalue weighted by atomic mass is 16.5. The lowest BCUT2D eigenvalue weighted by Gasteiger charge is -2.09. The van der Waals surface area contributed by atoms with Crippen LogP contribution in [-0.4, -0.2) is 12.6 Å². The lowest BCUT2D eigenvalue weighted by molar-refractivity contribution is -0.136. The van der Waals surface area contributed by atoms with Gasteiger partial charge in [0, 0.05) is 6.08 Å². The van der Waals surface area contributed by atoms with Gasteiger partial charge in [-0.25, -0.2) is 4.79 Å². The van der Waals surface area contributed by atoms with E-state index in [4.69, 9.17) is 11.2 Å². The van der Waals surface area contributed by atoms with Crippen molar-refractivity contribution in [3.63, 3.8) is 0 Å². The molecule has 2 nitrogen and oxygen atoms in total. The summed E-state index contributed by atoms with van der Waals surface area (Å²) < 4.78 is 4.70. The average Bonchev–Trinajstić information content (AvgIpc) is 2.35. The van der Waals surface area contributed by atoms with E-state index in [0.29, 0.717) is 5.92 Å². The van der Waals surface area contributed by atoms with Gasteiger partial charge in [0.05, 0.1) is 0 Å². The lowest BCUT2D eigenvalue weighted by Crippen LogP contribution is -1.99. The zero-order chi connectivity index (χ0) is 14.5. The van der Waals surface area contributed by atoms with Gasteiger partial charge in [-0.1, -0.05) is 64.2 Å². The van der Waals surface area contributed by atoms with E-state index in [1.54, 1.807) is 6.08 Å². The maximum atomic E-state index is 11.1. The molecule has 0 radical (unpaired) electrons. The van der Waals surface area contributed by atoms with Crippen LogP contribution in [0.15, 0.2) is 24.3 Å². The van der Waals surface area contributed by atoms with Crippen molar-refractivity contribution in [2.75, 3.05) is 6.61 Å². The lowest BCUT2D eigenvalue weighted by atomic mass is 9.97. The highest BCUT2D eigenvalue weighted by molar-refractivity contribution is 5.82. The molecule has 1 atom stereocenters. The van der Waals surface area contributed by atoms with E-state index >= 15 is 0 Å². The van der Waals surface area contributed by atoms with Crippen LogP contribution in [0.5, 0.6) is 0 Å². The molecular weight excluding hydrogens is 236 g/mol. The van der Waals surface area contributed by atoms with Crippen LogP contribution in [-0.2, 0) is 9.53 Å². The second-order valence-corrected chi connectivity index (χ2v) is 5.26. The monoisotopic (exact) mass is 262 g/mol. The van der Waals surface area contributed by atoms with E-state index in [1.165, 1.54) is 25.3 Å². The molecule has 0 aliphatic rings. The number of esters is 1. The fourth-order valence-electron chi connectivity index (χ4n) is 1.68. The Balaban J connectivity index is 3.69. The molecular formula is C17H26O2. The standard InChI is InChI=1S/C17H26O2/c1-5-14-19-17(18)13-8-6-7-11-16(4)12-9-10-15(2)3/h1,6-8,13,15-16H,9-12,14H2,2-4H3. The Morgan fingerprint density at radius 1 is 1.26 bits per heavy atom. The molecule has 0 fully saturated rings. The van der Waals surface area contributed by atoms with Crippen molar-refractivity contribution >= 4 is 5.97 Å². The van der Waals surface area contributed by atoms with Crippen LogP contribution >= 0.6 is 0 Å². The van der Waals surface area contributed by atoms with E-state index in [2.05, 4.69) is 32.8 Å². The number of hydrogen-bond acceptors (Lipinski definition) is 2. The van der Waals surface area contributed by atoms with Crippen LogP contribution in [0.1, 0.15) is 46.5 Å². The number of hydrogen-bond donors (Lipinski definition) is 0. The van der Waals surface area contributed by atoms with E-state index < -0.39 is 5.97 Å². The summed E-state index contributed by atoms with van der Waals surface area (Å²) in [6.45, 7) is 6.80. The van der Waals surface area contributed by atoms with Crippen LogP contribution in [0, 0.1) is 24.2 Å². The molecule has 0 bridgehead atoms. The second kappa shape index (κ2) is 11.6. The zero-order valence-corrected chi connectivity index (χ0v) is 12.4. The highest BCUT2D eigenvalue weighted by Crippen LogP contribution is 2.15. The number of rotatable bonds is 9. The van der Waals surface area contributed by atoms with Gasteiger partial charge in [0.1, 0.15) is 0 Å². The molecule has 0 aromatic heterocycles. The van der Waals surface area contributed by atoms with Crippen LogP contribution in [0.3, 0.4) is 0 Å². The first-order valence-corrected chi connectivity index (χ1v) is 6.99. The van der Waals surface area contributed by atoms with E-state index in [1.807, 2.05) is 6.08 Å². The molecule has 0 aliphatic carbocycles. The maximum absolute atomic E-state index is 11.1. The molecule has 0 aliphatic heterocycles. The number of terminal acetylenes is 1. The highest BCUT2D eigenvalue weighted by Gasteiger charge is 2.00. The van der Waals surface area contributed by atoms with Crippen molar-refractivity contribution in [2.24, 2.45) is 11.8 Å². The van der Waals surface area contributed by atoms with Crippen LogP contribution < -0.4 is 0 Å². The average molecular weight is 262 g/mol. The predicted octanol–water partition coefficient (Wildman–Crippen LogP) is 4.13. The normalized spacial score (nSPS) is 13.0. The number of carbonyl (C=O) groups is 1. The Morgan fingerprint density at radius 3 is 2.63 bits per heavy atom. The molecule has 2 heteroatoms. The van der Waals surface area contributed by atoms with Crippen molar-refractivity contribution in [2.45, 2.75) is 46.5 Å². The molecule has 0 aromatic rings. The van der Waals surface area contributed by atoms with Crippen LogP contribution in [0.25, 0.3) is 0 Å². The van der Waals surface area contributed by atoms with Gasteiger partial charge in [0.25, 0.3) is 0 Å². The van der Waals surface area contributed by atoms with Crippen molar-refractivity contribution < 1.29 is 9.53 Å². The molecule has 0 heterocycles. The summed E-state index contributed by atoms with van der Waals surface area (Å²) in [4.78, 5) is 11.1. The quantitative estimate of drug-likeness (QED) is 0.270. The molecule has 0 N–H and O–H groups in total. The molecule has 106 valence electrons. The van der Waals surface area contributed by atoms with Gasteiger partial charge in [-0.05, 0) is 18.3 Å². The molecule has 0 aromatic carbocycles. The van der Waals surface area contributed by atoms with E-state index in [9.17, 15) is 4.79 Å².